The summed E-state index contributed by atoms with van der Waals surface area (Å²) in [5, 5.41) is 11.1. The minimum Gasteiger partial charge on any atom is -0.487 e. The smallest absolute Gasteiger partial charge is 0.254 e. The fourth-order valence-electron chi connectivity index (χ4n) is 2.71. The van der Waals surface area contributed by atoms with Crippen molar-refractivity contribution in [1.29, 1.82) is 0 Å². The quantitative estimate of drug-likeness (QED) is 0.501. The van der Waals surface area contributed by atoms with Gasteiger partial charge in [0.05, 0.1) is 16.3 Å². The third-order valence-corrected chi connectivity index (χ3v) is 6.07. The number of rotatable bonds is 8. The molecule has 0 aliphatic heterocycles. The molecule has 4 rings (SSSR count). The van der Waals surface area contributed by atoms with Gasteiger partial charge in [-0.3, -0.25) is 9.59 Å². The summed E-state index contributed by atoms with van der Waals surface area (Å²) < 4.78 is 5.73. The molecule has 0 saturated heterocycles. The zero-order chi connectivity index (χ0) is 20.9. The molecule has 2 N–H and O–H groups in total. The lowest BCUT2D eigenvalue weighted by atomic mass is 10.2. The second-order valence-corrected chi connectivity index (χ2v) is 8.93. The molecule has 1 aliphatic carbocycles. The molecule has 0 bridgehead atoms. The van der Waals surface area contributed by atoms with Gasteiger partial charge in [-0.2, -0.15) is 0 Å². The Morgan fingerprint density at radius 3 is 2.70 bits per heavy atom. The first-order valence-corrected chi connectivity index (χ1v) is 11.3. The summed E-state index contributed by atoms with van der Waals surface area (Å²) in [6.45, 7) is 2.40. The molecule has 0 atom stereocenters. The fourth-order valence-corrected chi connectivity index (χ4v) is 4.09. The van der Waals surface area contributed by atoms with Gasteiger partial charge in [-0.05, 0) is 55.0 Å². The van der Waals surface area contributed by atoms with Gasteiger partial charge in [0.2, 0.25) is 5.91 Å². The van der Waals surface area contributed by atoms with Crippen LogP contribution in [0.2, 0.25) is 0 Å². The lowest BCUT2D eigenvalue weighted by molar-refractivity contribution is -0.111. The van der Waals surface area contributed by atoms with Crippen molar-refractivity contribution in [3.63, 3.8) is 0 Å². The number of thiazole rings is 1. The second kappa shape index (κ2) is 9.23. The number of carbonyl (C=O) groups is 2. The predicted octanol–water partition coefficient (Wildman–Crippen LogP) is 4.64. The van der Waals surface area contributed by atoms with Crippen molar-refractivity contribution < 1.29 is 14.3 Å². The average molecular weight is 440 g/mol. The van der Waals surface area contributed by atoms with E-state index in [1.165, 1.54) is 17.4 Å². The first kappa shape index (κ1) is 20.3. The number of nitrogens with one attached hydrogen (secondary N) is 2. The van der Waals surface area contributed by atoms with Gasteiger partial charge in [-0.1, -0.05) is 12.1 Å². The van der Waals surface area contributed by atoms with Crippen LogP contribution in [0.4, 0.5) is 5.00 Å². The van der Waals surface area contributed by atoms with E-state index in [0.29, 0.717) is 17.2 Å². The zero-order valence-corrected chi connectivity index (χ0v) is 18.0. The predicted molar refractivity (Wildman–Crippen MR) is 120 cm³/mol. The van der Waals surface area contributed by atoms with Crippen LogP contribution in [0.1, 0.15) is 39.5 Å². The molecule has 1 fully saturated rings. The second-order valence-electron chi connectivity index (χ2n) is 6.95. The highest BCUT2D eigenvalue weighted by atomic mass is 32.1. The molecule has 6 nitrogen and oxygen atoms in total. The van der Waals surface area contributed by atoms with Crippen LogP contribution >= 0.6 is 22.7 Å². The summed E-state index contributed by atoms with van der Waals surface area (Å²) in [5.41, 5.74) is 2.29. The summed E-state index contributed by atoms with van der Waals surface area (Å²) in [6, 6.07) is 9.48. The molecule has 30 heavy (non-hydrogen) atoms. The summed E-state index contributed by atoms with van der Waals surface area (Å²) in [5.74, 6) is 0.325. The minimum absolute atomic E-state index is 0.138. The van der Waals surface area contributed by atoms with Crippen molar-refractivity contribution in [3.05, 3.63) is 69.0 Å². The molecule has 0 spiro atoms. The van der Waals surface area contributed by atoms with Gasteiger partial charge in [-0.15, -0.1) is 22.7 Å². The third-order valence-electron chi connectivity index (χ3n) is 4.42. The number of thiophene rings is 1. The van der Waals surface area contributed by atoms with E-state index in [2.05, 4.69) is 15.6 Å². The van der Waals surface area contributed by atoms with Crippen LogP contribution in [-0.4, -0.2) is 22.8 Å². The Morgan fingerprint density at radius 2 is 2.00 bits per heavy atom. The van der Waals surface area contributed by atoms with Crippen molar-refractivity contribution in [1.82, 2.24) is 10.3 Å². The molecule has 3 aromatic rings. The van der Waals surface area contributed by atoms with E-state index < -0.39 is 0 Å². The molecule has 8 heteroatoms. The number of carbonyl (C=O) groups excluding carboxylic acids is 2. The number of benzene rings is 1. The van der Waals surface area contributed by atoms with Crippen LogP contribution in [0.5, 0.6) is 5.75 Å². The van der Waals surface area contributed by atoms with Crippen LogP contribution in [0, 0.1) is 6.92 Å². The van der Waals surface area contributed by atoms with Gasteiger partial charge in [-0.25, -0.2) is 4.98 Å². The van der Waals surface area contributed by atoms with Crippen LogP contribution < -0.4 is 15.4 Å². The summed E-state index contributed by atoms with van der Waals surface area (Å²) >= 11 is 2.94. The maximum Gasteiger partial charge on any atom is 0.254 e. The number of nitrogens with zero attached hydrogens (tertiary/aromatic N) is 1. The van der Waals surface area contributed by atoms with E-state index in [9.17, 15) is 9.59 Å². The van der Waals surface area contributed by atoms with E-state index in [0.717, 1.165) is 34.9 Å². The lowest BCUT2D eigenvalue weighted by Crippen LogP contribution is -2.26. The topological polar surface area (TPSA) is 80.3 Å². The van der Waals surface area contributed by atoms with Crippen molar-refractivity contribution in [2.24, 2.45) is 0 Å². The van der Waals surface area contributed by atoms with Crippen molar-refractivity contribution in [3.8, 4) is 5.75 Å². The Morgan fingerprint density at radius 1 is 1.20 bits per heavy atom. The van der Waals surface area contributed by atoms with Crippen LogP contribution in [0.25, 0.3) is 6.08 Å². The first-order chi connectivity index (χ1) is 14.6. The Kier molecular flexibility index (Phi) is 6.25. The third kappa shape index (κ3) is 5.55. The van der Waals surface area contributed by atoms with Crippen molar-refractivity contribution in [2.75, 3.05) is 5.32 Å². The average Bonchev–Trinajstić information content (AvgIpc) is 3.26. The van der Waals surface area contributed by atoms with Gasteiger partial charge in [0.15, 0.2) is 0 Å². The van der Waals surface area contributed by atoms with Crippen LogP contribution in [0.3, 0.4) is 0 Å². The highest BCUT2D eigenvalue weighted by Gasteiger charge is 2.25. The zero-order valence-electron chi connectivity index (χ0n) is 16.4. The van der Waals surface area contributed by atoms with Crippen molar-refractivity contribution in [2.45, 2.75) is 32.4 Å². The Labute approximate surface area is 182 Å². The first-order valence-electron chi connectivity index (χ1n) is 9.58. The molecule has 2 heterocycles. The van der Waals surface area contributed by atoms with Gasteiger partial charge in [0, 0.05) is 17.5 Å². The summed E-state index contributed by atoms with van der Waals surface area (Å²) in [4.78, 5) is 28.9. The molecule has 154 valence electrons. The van der Waals surface area contributed by atoms with E-state index in [1.807, 2.05) is 36.6 Å². The van der Waals surface area contributed by atoms with Crippen molar-refractivity contribution >= 4 is 45.6 Å². The molecular formula is C22H21N3O3S2. The van der Waals surface area contributed by atoms with E-state index in [-0.39, 0.29) is 17.9 Å². The van der Waals surface area contributed by atoms with E-state index in [4.69, 9.17) is 4.74 Å². The summed E-state index contributed by atoms with van der Waals surface area (Å²) in [6.07, 6.45) is 5.22. The highest BCUT2D eigenvalue weighted by Crippen LogP contribution is 2.25. The Hall–Kier alpha value is -2.97. The fraction of sp³-hybridized carbons (Fsp3) is 0.227. The maximum atomic E-state index is 12.3. The number of aromatic nitrogens is 1. The maximum absolute atomic E-state index is 12.3. The minimum atomic E-state index is -0.280. The van der Waals surface area contributed by atoms with Gasteiger partial charge in [0.25, 0.3) is 5.91 Å². The molecule has 2 amide bonds. The Bertz CT molecular complexity index is 1070. The van der Waals surface area contributed by atoms with Gasteiger partial charge >= 0.3 is 0 Å². The Balaban J connectivity index is 1.29. The van der Waals surface area contributed by atoms with Gasteiger partial charge in [0.1, 0.15) is 17.4 Å². The molecule has 0 unspecified atom stereocenters. The number of hydrogen-bond acceptors (Lipinski definition) is 6. The summed E-state index contributed by atoms with van der Waals surface area (Å²) in [7, 11) is 0. The molecule has 0 radical (unpaired) electrons. The van der Waals surface area contributed by atoms with Crippen LogP contribution in [-0.2, 0) is 11.4 Å². The number of amides is 2. The number of aryl methyl sites for hydroxylation is 1. The normalized spacial score (nSPS) is 13.4. The molecule has 2 aromatic heterocycles. The lowest BCUT2D eigenvalue weighted by Gasteiger charge is -2.05. The largest absolute Gasteiger partial charge is 0.487 e. The standard InChI is InChI=1S/C22H21N3O3S2/c1-14-23-17(13-30-14)12-28-18-7-2-15(3-8-18)4-9-20(26)25-22-19(10-11-29-22)21(27)24-16-5-6-16/h2-4,7-11,13,16H,5-6,12H2,1H3,(H,24,27)(H,25,26)/b9-4+. The van der Waals surface area contributed by atoms with Gasteiger partial charge < -0.3 is 15.4 Å². The molecule has 1 aliphatic rings. The highest BCUT2D eigenvalue weighted by molar-refractivity contribution is 7.14. The number of hydrogen-bond donors (Lipinski definition) is 2. The number of ether oxygens (including phenoxy) is 1. The monoisotopic (exact) mass is 439 g/mol. The van der Waals surface area contributed by atoms with E-state index in [1.54, 1.807) is 28.9 Å². The molecule has 1 saturated carbocycles. The molecular weight excluding hydrogens is 418 g/mol. The molecule has 1 aromatic carbocycles. The van der Waals surface area contributed by atoms with Crippen LogP contribution in [0.15, 0.2) is 47.2 Å². The SMILES string of the molecule is Cc1nc(COc2ccc(/C=C/C(=O)Nc3sccc3C(=O)NC3CC3)cc2)cs1. The van der Waals surface area contributed by atoms with E-state index >= 15 is 0 Å². The number of anilines is 1.